The summed E-state index contributed by atoms with van der Waals surface area (Å²) in [4.78, 5) is 1.63. The van der Waals surface area contributed by atoms with Gasteiger partial charge in [-0.3, -0.25) is 0 Å². The molecule has 3 nitrogen and oxygen atoms in total. The van der Waals surface area contributed by atoms with Crippen molar-refractivity contribution in [2.75, 3.05) is 19.6 Å². The molecule has 2 fully saturated rings. The number of para-hydroxylation sites is 1. The molecule has 0 aromatic heterocycles. The Balaban J connectivity index is 1.55. The van der Waals surface area contributed by atoms with E-state index in [1.807, 2.05) is 6.07 Å². The smallest absolute Gasteiger partial charge is 0.139 e. The van der Waals surface area contributed by atoms with Crippen LogP contribution in [-0.2, 0) is 4.74 Å². The molecule has 0 amide bonds. The third-order valence-electron chi connectivity index (χ3n) is 6.18. The number of likely N-dealkylation sites (tertiary alicyclic amines) is 1. The molecule has 0 bridgehead atoms. The largest absolute Gasteiger partial charge is 0.487 e. The van der Waals surface area contributed by atoms with E-state index in [9.17, 15) is 0 Å². The van der Waals surface area contributed by atoms with Crippen molar-refractivity contribution in [2.45, 2.75) is 63.8 Å². The van der Waals surface area contributed by atoms with Gasteiger partial charge in [0.05, 0.1) is 19.2 Å². The maximum atomic E-state index is 6.64. The van der Waals surface area contributed by atoms with Crippen LogP contribution in [0, 0.1) is 17.8 Å². The second-order valence-electron chi connectivity index (χ2n) is 8.59. The second-order valence-corrected chi connectivity index (χ2v) is 8.59. The number of benzene rings is 1. The van der Waals surface area contributed by atoms with Gasteiger partial charge in [-0.15, -0.1) is 0 Å². The van der Waals surface area contributed by atoms with Crippen LogP contribution in [0.5, 0.6) is 5.75 Å². The number of fused-ring (bicyclic) bond motifs is 3. The second kappa shape index (κ2) is 6.34. The van der Waals surface area contributed by atoms with Crippen LogP contribution in [0.3, 0.4) is 0 Å². The van der Waals surface area contributed by atoms with Crippen LogP contribution in [0.4, 0.5) is 0 Å². The SMILES string of the molecule is CC1(C)Oc2ccccc2[C@@H]2O[C@](C)(C#CC[NH+]3CCCC3)CC[C@@H]21. The number of ether oxygens (including phenoxy) is 2. The van der Waals surface area contributed by atoms with Crippen LogP contribution in [0.1, 0.15) is 58.1 Å². The summed E-state index contributed by atoms with van der Waals surface area (Å²) in [5.41, 5.74) is 0.638. The summed E-state index contributed by atoms with van der Waals surface area (Å²) >= 11 is 0. The minimum Gasteiger partial charge on any atom is -0.487 e. The normalized spacial score (nSPS) is 33.6. The highest BCUT2D eigenvalue weighted by molar-refractivity contribution is 5.39. The fourth-order valence-electron chi connectivity index (χ4n) is 4.66. The highest BCUT2D eigenvalue weighted by Crippen LogP contribution is 2.52. The van der Waals surface area contributed by atoms with Crippen LogP contribution in [-0.4, -0.2) is 30.8 Å². The average Bonchev–Trinajstić information content (AvgIpc) is 3.07. The molecule has 3 atom stereocenters. The molecule has 0 aliphatic carbocycles. The summed E-state index contributed by atoms with van der Waals surface area (Å²) in [7, 11) is 0. The Bertz CT molecular complexity index is 695. The van der Waals surface area contributed by atoms with Gasteiger partial charge in [0.2, 0.25) is 0 Å². The van der Waals surface area contributed by atoms with E-state index in [-0.39, 0.29) is 17.3 Å². The van der Waals surface area contributed by atoms with Crippen molar-refractivity contribution in [1.29, 1.82) is 0 Å². The van der Waals surface area contributed by atoms with E-state index >= 15 is 0 Å². The van der Waals surface area contributed by atoms with Crippen molar-refractivity contribution >= 4 is 0 Å². The first-order valence-corrected chi connectivity index (χ1v) is 9.76. The molecule has 3 aliphatic heterocycles. The lowest BCUT2D eigenvalue weighted by Crippen LogP contribution is -3.09. The van der Waals surface area contributed by atoms with Crippen molar-refractivity contribution < 1.29 is 14.4 Å². The number of hydrogen-bond donors (Lipinski definition) is 1. The molecule has 2 saturated heterocycles. The van der Waals surface area contributed by atoms with Crippen LogP contribution in [0.15, 0.2) is 24.3 Å². The Morgan fingerprint density at radius 3 is 2.72 bits per heavy atom. The highest BCUT2D eigenvalue weighted by atomic mass is 16.5. The predicted octanol–water partition coefficient (Wildman–Crippen LogP) is 2.77. The van der Waals surface area contributed by atoms with E-state index in [4.69, 9.17) is 9.47 Å². The maximum absolute atomic E-state index is 6.64. The van der Waals surface area contributed by atoms with Crippen molar-refractivity contribution in [3.63, 3.8) is 0 Å². The van der Waals surface area contributed by atoms with Gasteiger partial charge in [-0.2, -0.15) is 0 Å². The van der Waals surface area contributed by atoms with Gasteiger partial charge < -0.3 is 14.4 Å². The highest BCUT2D eigenvalue weighted by Gasteiger charge is 2.49. The lowest BCUT2D eigenvalue weighted by molar-refractivity contribution is -0.879. The Hall–Kier alpha value is -1.50. The van der Waals surface area contributed by atoms with E-state index in [0.29, 0.717) is 5.92 Å². The summed E-state index contributed by atoms with van der Waals surface area (Å²) < 4.78 is 12.9. The molecule has 0 unspecified atom stereocenters. The van der Waals surface area contributed by atoms with Crippen LogP contribution in [0.25, 0.3) is 0 Å². The van der Waals surface area contributed by atoms with Crippen LogP contribution < -0.4 is 9.64 Å². The first-order chi connectivity index (χ1) is 12.0. The quantitative estimate of drug-likeness (QED) is 0.795. The topological polar surface area (TPSA) is 22.9 Å². The molecule has 0 spiro atoms. The molecule has 3 heteroatoms. The van der Waals surface area contributed by atoms with Crippen molar-refractivity contribution in [2.24, 2.45) is 5.92 Å². The van der Waals surface area contributed by atoms with Gasteiger partial charge in [-0.05, 0) is 45.6 Å². The standard InChI is InChI=1S/C22H29NO2/c1-21(2)18-11-13-22(3,12-8-16-23-14-6-7-15-23)25-20(18)17-9-4-5-10-19(17)24-21/h4-5,9-10,18,20H,6-7,11,13-16H2,1-3H3/p+1/t18-,20-,22+/m0/s1. The minimum atomic E-state index is -0.346. The summed E-state index contributed by atoms with van der Waals surface area (Å²) in [6.45, 7) is 10.1. The van der Waals surface area contributed by atoms with Crippen molar-refractivity contribution in [3.8, 4) is 17.6 Å². The summed E-state index contributed by atoms with van der Waals surface area (Å²) in [6.07, 6.45) is 4.84. The molecule has 3 aliphatic rings. The third-order valence-corrected chi connectivity index (χ3v) is 6.18. The fraction of sp³-hybridized carbons (Fsp3) is 0.636. The Morgan fingerprint density at radius 1 is 1.16 bits per heavy atom. The monoisotopic (exact) mass is 340 g/mol. The molecular weight excluding hydrogens is 310 g/mol. The lowest BCUT2D eigenvalue weighted by atomic mass is 9.73. The summed E-state index contributed by atoms with van der Waals surface area (Å²) in [6, 6.07) is 8.33. The van der Waals surface area contributed by atoms with Gasteiger partial charge in [-0.25, -0.2) is 0 Å². The first kappa shape index (κ1) is 16.9. The van der Waals surface area contributed by atoms with Gasteiger partial charge in [0.1, 0.15) is 23.5 Å². The van der Waals surface area contributed by atoms with E-state index in [1.165, 1.54) is 31.5 Å². The van der Waals surface area contributed by atoms with Crippen LogP contribution >= 0.6 is 0 Å². The number of hydrogen-bond acceptors (Lipinski definition) is 2. The molecule has 4 rings (SSSR count). The molecule has 1 aromatic carbocycles. The van der Waals surface area contributed by atoms with Gasteiger partial charge in [0.15, 0.2) is 0 Å². The zero-order chi connectivity index (χ0) is 17.5. The predicted molar refractivity (Wildman–Crippen MR) is 98.7 cm³/mol. The minimum absolute atomic E-state index is 0.0760. The fourth-order valence-corrected chi connectivity index (χ4v) is 4.66. The molecule has 0 radical (unpaired) electrons. The number of nitrogens with one attached hydrogen (secondary N) is 1. The summed E-state index contributed by atoms with van der Waals surface area (Å²) in [5, 5.41) is 0. The Kier molecular flexibility index (Phi) is 4.30. The molecule has 1 N–H and O–H groups in total. The lowest BCUT2D eigenvalue weighted by Gasteiger charge is -2.50. The number of quaternary nitrogens is 1. The Labute approximate surface area is 151 Å². The first-order valence-electron chi connectivity index (χ1n) is 9.76. The van der Waals surface area contributed by atoms with Gasteiger partial charge >= 0.3 is 0 Å². The average molecular weight is 340 g/mol. The third kappa shape index (κ3) is 3.30. The van der Waals surface area contributed by atoms with Gasteiger partial charge in [0, 0.05) is 24.3 Å². The van der Waals surface area contributed by atoms with Gasteiger partial charge in [0.25, 0.3) is 0 Å². The van der Waals surface area contributed by atoms with Crippen LogP contribution in [0.2, 0.25) is 0 Å². The maximum Gasteiger partial charge on any atom is 0.139 e. The zero-order valence-electron chi connectivity index (χ0n) is 15.7. The molecule has 25 heavy (non-hydrogen) atoms. The van der Waals surface area contributed by atoms with E-state index in [1.54, 1.807) is 4.90 Å². The molecule has 134 valence electrons. The van der Waals surface area contributed by atoms with E-state index < -0.39 is 0 Å². The van der Waals surface area contributed by atoms with Crippen molar-refractivity contribution in [1.82, 2.24) is 0 Å². The molecule has 0 saturated carbocycles. The Morgan fingerprint density at radius 2 is 1.92 bits per heavy atom. The van der Waals surface area contributed by atoms with E-state index in [2.05, 4.69) is 50.8 Å². The van der Waals surface area contributed by atoms with Crippen molar-refractivity contribution in [3.05, 3.63) is 29.8 Å². The summed E-state index contributed by atoms with van der Waals surface area (Å²) in [5.74, 6) is 8.26. The molecule has 1 aromatic rings. The number of rotatable bonds is 1. The molecular formula is C22H30NO2+. The molecule has 3 heterocycles. The van der Waals surface area contributed by atoms with Gasteiger partial charge in [-0.1, -0.05) is 24.1 Å². The zero-order valence-corrected chi connectivity index (χ0v) is 15.7. The van der Waals surface area contributed by atoms with E-state index in [0.717, 1.165) is 25.1 Å².